The van der Waals surface area contributed by atoms with Crippen molar-refractivity contribution in [3.8, 4) is 0 Å². The average molecular weight is 270 g/mol. The minimum atomic E-state index is -1.57. The van der Waals surface area contributed by atoms with Gasteiger partial charge in [0.2, 0.25) is 0 Å². The Morgan fingerprint density at radius 3 is 1.58 bits per heavy atom. The third-order valence-electron chi connectivity index (χ3n) is 4.92. The Labute approximate surface area is 117 Å². The van der Waals surface area contributed by atoms with Crippen LogP contribution in [0.15, 0.2) is 60.7 Å². The van der Waals surface area contributed by atoms with E-state index >= 15 is 0 Å². The van der Waals surface area contributed by atoms with Crippen molar-refractivity contribution in [3.63, 3.8) is 0 Å². The van der Waals surface area contributed by atoms with Crippen molar-refractivity contribution in [2.24, 2.45) is 0 Å². The number of rotatable bonds is 3. The first kappa shape index (κ1) is 12.9. The maximum atomic E-state index is 2.58. The summed E-state index contributed by atoms with van der Waals surface area (Å²) in [4.78, 5) is 0. The van der Waals surface area contributed by atoms with Crippen LogP contribution >= 0.6 is 7.26 Å². The summed E-state index contributed by atoms with van der Waals surface area (Å²) in [5.41, 5.74) is 0.914. The van der Waals surface area contributed by atoms with Gasteiger partial charge in [-0.05, 0) is 0 Å². The van der Waals surface area contributed by atoms with Gasteiger partial charge in [0.1, 0.15) is 0 Å². The SMILES string of the molecule is C[PH](c1ccccc1)(c1ccccc1)C1CCCC1. The van der Waals surface area contributed by atoms with Crippen molar-refractivity contribution in [3.05, 3.63) is 60.7 Å². The molecule has 2 aromatic rings. The molecule has 1 saturated carbocycles. The van der Waals surface area contributed by atoms with E-state index in [1.54, 1.807) is 10.6 Å². The topological polar surface area (TPSA) is 0 Å². The van der Waals surface area contributed by atoms with Crippen LogP contribution in [0.1, 0.15) is 25.7 Å². The second-order valence-electron chi connectivity index (χ2n) is 5.92. The van der Waals surface area contributed by atoms with Crippen molar-refractivity contribution in [1.29, 1.82) is 0 Å². The van der Waals surface area contributed by atoms with Gasteiger partial charge in [-0.1, -0.05) is 0 Å². The van der Waals surface area contributed by atoms with Crippen LogP contribution in [-0.2, 0) is 0 Å². The molecule has 0 radical (unpaired) electrons. The van der Waals surface area contributed by atoms with E-state index < -0.39 is 7.26 Å². The summed E-state index contributed by atoms with van der Waals surface area (Å²) in [6.07, 6.45) is 5.69. The van der Waals surface area contributed by atoms with Gasteiger partial charge in [0.15, 0.2) is 0 Å². The van der Waals surface area contributed by atoms with Gasteiger partial charge in [-0.25, -0.2) is 0 Å². The first-order valence-electron chi connectivity index (χ1n) is 7.43. The van der Waals surface area contributed by atoms with Crippen LogP contribution in [0.4, 0.5) is 0 Å². The number of hydrogen-bond donors (Lipinski definition) is 0. The molecule has 1 fully saturated rings. The second kappa shape index (κ2) is 5.47. The Hall–Kier alpha value is -1.13. The van der Waals surface area contributed by atoms with E-state index in [0.717, 1.165) is 5.66 Å². The third-order valence-corrected chi connectivity index (χ3v) is 10.2. The van der Waals surface area contributed by atoms with Crippen molar-refractivity contribution in [2.45, 2.75) is 31.3 Å². The van der Waals surface area contributed by atoms with Crippen LogP contribution in [0.5, 0.6) is 0 Å². The molecule has 0 aliphatic heterocycles. The predicted molar refractivity (Wildman–Crippen MR) is 88.6 cm³/mol. The summed E-state index contributed by atoms with van der Waals surface area (Å²) in [5, 5.41) is 3.21. The summed E-state index contributed by atoms with van der Waals surface area (Å²) in [5.74, 6) is 0. The monoisotopic (exact) mass is 270 g/mol. The van der Waals surface area contributed by atoms with Crippen molar-refractivity contribution in [1.82, 2.24) is 0 Å². The van der Waals surface area contributed by atoms with Crippen molar-refractivity contribution in [2.75, 3.05) is 6.66 Å². The molecule has 0 aromatic heterocycles. The first-order valence-corrected chi connectivity index (χ1v) is 10.0. The van der Waals surface area contributed by atoms with Gasteiger partial charge >= 0.3 is 117 Å². The molecular formula is C18H23P. The van der Waals surface area contributed by atoms with Crippen molar-refractivity contribution < 1.29 is 0 Å². The van der Waals surface area contributed by atoms with Crippen LogP contribution in [0.25, 0.3) is 0 Å². The van der Waals surface area contributed by atoms with E-state index in [0.29, 0.717) is 0 Å². The minimum absolute atomic E-state index is 0.914. The summed E-state index contributed by atoms with van der Waals surface area (Å²) < 4.78 is 0. The Bertz CT molecular complexity index is 472. The van der Waals surface area contributed by atoms with Crippen LogP contribution < -0.4 is 10.6 Å². The Morgan fingerprint density at radius 1 is 0.737 bits per heavy atom. The van der Waals surface area contributed by atoms with E-state index in [1.165, 1.54) is 25.7 Å². The molecule has 1 aliphatic rings. The molecule has 3 rings (SSSR count). The van der Waals surface area contributed by atoms with Gasteiger partial charge in [0, 0.05) is 0 Å². The molecule has 0 spiro atoms. The Morgan fingerprint density at radius 2 is 1.16 bits per heavy atom. The van der Waals surface area contributed by atoms with E-state index in [-0.39, 0.29) is 0 Å². The summed E-state index contributed by atoms with van der Waals surface area (Å²) in [6.45, 7) is 2.58. The second-order valence-corrected chi connectivity index (χ2v) is 10.3. The first-order chi connectivity index (χ1) is 9.32. The van der Waals surface area contributed by atoms with Gasteiger partial charge in [-0.15, -0.1) is 0 Å². The average Bonchev–Trinajstić information content (AvgIpc) is 3.03. The van der Waals surface area contributed by atoms with E-state index in [1.807, 2.05) is 0 Å². The van der Waals surface area contributed by atoms with E-state index in [2.05, 4.69) is 67.3 Å². The molecule has 2 aromatic carbocycles. The number of hydrogen-bond acceptors (Lipinski definition) is 0. The molecule has 100 valence electrons. The predicted octanol–water partition coefficient (Wildman–Crippen LogP) is 3.96. The van der Waals surface area contributed by atoms with Crippen LogP contribution in [-0.4, -0.2) is 12.3 Å². The quantitative estimate of drug-likeness (QED) is 0.741. The van der Waals surface area contributed by atoms with E-state index in [9.17, 15) is 0 Å². The summed E-state index contributed by atoms with van der Waals surface area (Å²) in [7, 11) is -1.57. The molecule has 0 amide bonds. The van der Waals surface area contributed by atoms with Gasteiger partial charge in [-0.3, -0.25) is 0 Å². The standard InChI is InChI=1S/C18H23P/c1-19(18-14-8-9-15-18,16-10-4-2-5-11-16)17-12-6-3-7-13-17/h2-7,10-13,18-19H,8-9,14-15H2,1H3. The van der Waals surface area contributed by atoms with Gasteiger partial charge in [0.05, 0.1) is 0 Å². The van der Waals surface area contributed by atoms with E-state index in [4.69, 9.17) is 0 Å². The van der Waals surface area contributed by atoms with Gasteiger partial charge in [0.25, 0.3) is 0 Å². The normalized spacial score (nSPS) is 17.5. The molecule has 0 unspecified atom stereocenters. The molecule has 1 heteroatoms. The molecule has 19 heavy (non-hydrogen) atoms. The Kier molecular flexibility index (Phi) is 3.71. The fraction of sp³-hybridized carbons (Fsp3) is 0.333. The molecule has 0 nitrogen and oxygen atoms in total. The van der Waals surface area contributed by atoms with Crippen LogP contribution in [0.3, 0.4) is 0 Å². The zero-order valence-electron chi connectivity index (χ0n) is 11.7. The molecule has 0 N–H and O–H groups in total. The molecule has 1 aliphatic carbocycles. The van der Waals surface area contributed by atoms with Crippen molar-refractivity contribution >= 4 is 17.9 Å². The molecule has 0 saturated heterocycles. The van der Waals surface area contributed by atoms with Crippen LogP contribution in [0.2, 0.25) is 0 Å². The molecular weight excluding hydrogens is 247 g/mol. The van der Waals surface area contributed by atoms with Crippen LogP contribution in [0, 0.1) is 0 Å². The fourth-order valence-corrected chi connectivity index (χ4v) is 8.32. The maximum absolute atomic E-state index is 2.58. The summed E-state index contributed by atoms with van der Waals surface area (Å²) >= 11 is 0. The van der Waals surface area contributed by atoms with Gasteiger partial charge < -0.3 is 0 Å². The zero-order chi connectivity index (χ0) is 13.1. The summed E-state index contributed by atoms with van der Waals surface area (Å²) in [6, 6.07) is 22.5. The fourth-order valence-electron chi connectivity index (χ4n) is 3.71. The Balaban J connectivity index is 2.10. The number of benzene rings is 2. The zero-order valence-corrected chi connectivity index (χ0v) is 12.7. The van der Waals surface area contributed by atoms with Gasteiger partial charge in [-0.2, -0.15) is 0 Å². The molecule has 0 bridgehead atoms. The molecule has 0 atom stereocenters. The third kappa shape index (κ3) is 2.35. The molecule has 0 heterocycles.